The van der Waals surface area contributed by atoms with Crippen molar-refractivity contribution < 1.29 is 4.39 Å². The predicted octanol–water partition coefficient (Wildman–Crippen LogP) is 2.32. The summed E-state index contributed by atoms with van der Waals surface area (Å²) in [5.74, 6) is -0.259. The van der Waals surface area contributed by atoms with E-state index in [0.29, 0.717) is 5.69 Å². The maximum Gasteiger partial charge on any atom is 0.148 e. The normalized spacial score (nSPS) is 10.3. The molecule has 0 aliphatic rings. The second-order valence-electron chi connectivity index (χ2n) is 2.91. The Labute approximate surface area is 75.6 Å². The van der Waals surface area contributed by atoms with Gasteiger partial charge in [-0.25, -0.2) is 9.07 Å². The third-order valence-corrected chi connectivity index (χ3v) is 1.81. The van der Waals surface area contributed by atoms with Gasteiger partial charge < -0.3 is 0 Å². The Bertz CT molecular complexity index is 420. The zero-order valence-corrected chi connectivity index (χ0v) is 7.24. The lowest BCUT2D eigenvalue weighted by molar-refractivity contribution is 0.611. The molecular formula is C10H9FN2. The molecule has 0 fully saturated rings. The lowest BCUT2D eigenvalue weighted by Gasteiger charge is -2.00. The Hall–Kier alpha value is -1.64. The van der Waals surface area contributed by atoms with E-state index >= 15 is 0 Å². The molecule has 0 N–H and O–H groups in total. The summed E-state index contributed by atoms with van der Waals surface area (Å²) in [5, 5.41) is 4.02. The summed E-state index contributed by atoms with van der Waals surface area (Å²) in [7, 11) is 0. The van der Waals surface area contributed by atoms with Gasteiger partial charge in [0.1, 0.15) is 11.5 Å². The fourth-order valence-electron chi connectivity index (χ4n) is 1.18. The van der Waals surface area contributed by atoms with Crippen LogP contribution in [0.5, 0.6) is 0 Å². The van der Waals surface area contributed by atoms with E-state index in [2.05, 4.69) is 5.10 Å². The first-order valence-electron chi connectivity index (χ1n) is 4.03. The van der Waals surface area contributed by atoms with Gasteiger partial charge in [-0.2, -0.15) is 5.10 Å². The van der Waals surface area contributed by atoms with Crippen LogP contribution in [0.1, 0.15) is 5.56 Å². The van der Waals surface area contributed by atoms with E-state index in [1.807, 2.05) is 6.92 Å². The van der Waals surface area contributed by atoms with E-state index in [1.54, 1.807) is 30.6 Å². The number of aromatic nitrogens is 2. The summed E-state index contributed by atoms with van der Waals surface area (Å²) in [4.78, 5) is 0. The van der Waals surface area contributed by atoms with Gasteiger partial charge in [-0.3, -0.25) is 0 Å². The van der Waals surface area contributed by atoms with Gasteiger partial charge in [0.05, 0.1) is 6.20 Å². The highest BCUT2D eigenvalue weighted by molar-refractivity contribution is 5.32. The van der Waals surface area contributed by atoms with E-state index in [1.165, 1.54) is 10.7 Å². The monoisotopic (exact) mass is 176 g/mol. The van der Waals surface area contributed by atoms with Crippen molar-refractivity contribution in [2.45, 2.75) is 6.92 Å². The van der Waals surface area contributed by atoms with Crippen LogP contribution >= 0.6 is 0 Å². The number of aryl methyl sites for hydroxylation is 1. The summed E-state index contributed by atoms with van der Waals surface area (Å²) < 4.78 is 14.8. The molecular weight excluding hydrogens is 167 g/mol. The van der Waals surface area contributed by atoms with Crippen LogP contribution in [0.25, 0.3) is 5.69 Å². The highest BCUT2D eigenvalue weighted by Gasteiger charge is 2.02. The van der Waals surface area contributed by atoms with Crippen LogP contribution in [-0.2, 0) is 0 Å². The number of para-hydroxylation sites is 1. The van der Waals surface area contributed by atoms with Gasteiger partial charge in [-0.05, 0) is 24.6 Å². The Morgan fingerprint density at radius 2 is 2.08 bits per heavy atom. The average Bonchev–Trinajstić information content (AvgIpc) is 2.53. The topological polar surface area (TPSA) is 17.8 Å². The Morgan fingerprint density at radius 1 is 1.31 bits per heavy atom. The van der Waals surface area contributed by atoms with Crippen LogP contribution in [0, 0.1) is 12.7 Å². The van der Waals surface area contributed by atoms with E-state index < -0.39 is 0 Å². The molecule has 0 bridgehead atoms. The maximum atomic E-state index is 13.2. The molecule has 2 rings (SSSR count). The van der Waals surface area contributed by atoms with Gasteiger partial charge in [0, 0.05) is 6.20 Å². The van der Waals surface area contributed by atoms with Crippen molar-refractivity contribution in [1.82, 2.24) is 9.78 Å². The Balaban J connectivity index is 2.52. The van der Waals surface area contributed by atoms with Crippen molar-refractivity contribution in [3.63, 3.8) is 0 Å². The van der Waals surface area contributed by atoms with Crippen molar-refractivity contribution in [3.8, 4) is 5.69 Å². The summed E-state index contributed by atoms with van der Waals surface area (Å²) in [5.41, 5.74) is 1.50. The first kappa shape index (κ1) is 7.98. The fraction of sp³-hybridized carbons (Fsp3) is 0.100. The second-order valence-corrected chi connectivity index (χ2v) is 2.91. The minimum atomic E-state index is -0.259. The molecule has 1 aromatic carbocycles. The van der Waals surface area contributed by atoms with E-state index in [0.717, 1.165) is 5.56 Å². The lowest BCUT2D eigenvalue weighted by Crippen LogP contribution is -1.96. The van der Waals surface area contributed by atoms with Crippen molar-refractivity contribution in [2.75, 3.05) is 0 Å². The molecule has 2 aromatic rings. The van der Waals surface area contributed by atoms with E-state index in [9.17, 15) is 4.39 Å². The Morgan fingerprint density at radius 3 is 2.69 bits per heavy atom. The van der Waals surface area contributed by atoms with Gasteiger partial charge in [0.15, 0.2) is 0 Å². The molecule has 3 heteroatoms. The highest BCUT2D eigenvalue weighted by Crippen LogP contribution is 2.11. The van der Waals surface area contributed by atoms with Crippen LogP contribution < -0.4 is 0 Å². The van der Waals surface area contributed by atoms with Crippen LogP contribution in [0.3, 0.4) is 0 Å². The number of halogens is 1. The number of benzene rings is 1. The van der Waals surface area contributed by atoms with E-state index in [4.69, 9.17) is 0 Å². The summed E-state index contributed by atoms with van der Waals surface area (Å²) >= 11 is 0. The molecule has 66 valence electrons. The molecule has 0 saturated heterocycles. The molecule has 0 atom stereocenters. The largest absolute Gasteiger partial charge is 0.238 e. The van der Waals surface area contributed by atoms with Gasteiger partial charge in [0.2, 0.25) is 0 Å². The Kier molecular flexibility index (Phi) is 1.85. The minimum Gasteiger partial charge on any atom is -0.238 e. The third kappa shape index (κ3) is 1.45. The summed E-state index contributed by atoms with van der Waals surface area (Å²) in [6.45, 7) is 1.92. The summed E-state index contributed by atoms with van der Waals surface area (Å²) in [6.07, 6.45) is 3.49. The molecule has 2 nitrogen and oxygen atoms in total. The zero-order chi connectivity index (χ0) is 9.26. The molecule has 1 aromatic heterocycles. The first-order valence-corrected chi connectivity index (χ1v) is 4.03. The predicted molar refractivity (Wildman–Crippen MR) is 48.3 cm³/mol. The minimum absolute atomic E-state index is 0.259. The molecule has 0 amide bonds. The third-order valence-electron chi connectivity index (χ3n) is 1.81. The quantitative estimate of drug-likeness (QED) is 0.652. The van der Waals surface area contributed by atoms with Crippen LogP contribution in [-0.4, -0.2) is 9.78 Å². The fourth-order valence-corrected chi connectivity index (χ4v) is 1.18. The first-order chi connectivity index (χ1) is 6.27. The standard InChI is InChI=1S/C10H9FN2/c1-8-6-12-13(7-8)10-5-3-2-4-9(10)11/h2-7H,1H3. The molecule has 1 heterocycles. The second kappa shape index (κ2) is 3.01. The van der Waals surface area contributed by atoms with Crippen molar-refractivity contribution in [2.24, 2.45) is 0 Å². The van der Waals surface area contributed by atoms with Crippen molar-refractivity contribution in [1.29, 1.82) is 0 Å². The zero-order valence-electron chi connectivity index (χ0n) is 7.24. The van der Waals surface area contributed by atoms with Crippen molar-refractivity contribution >= 4 is 0 Å². The van der Waals surface area contributed by atoms with Crippen molar-refractivity contribution in [3.05, 3.63) is 48.0 Å². The van der Waals surface area contributed by atoms with Gasteiger partial charge >= 0.3 is 0 Å². The molecule has 0 aliphatic carbocycles. The van der Waals surface area contributed by atoms with Crippen LogP contribution in [0.4, 0.5) is 4.39 Å². The van der Waals surface area contributed by atoms with Gasteiger partial charge in [-0.1, -0.05) is 12.1 Å². The molecule has 0 saturated carbocycles. The van der Waals surface area contributed by atoms with E-state index in [-0.39, 0.29) is 5.82 Å². The number of hydrogen-bond donors (Lipinski definition) is 0. The SMILES string of the molecule is Cc1cnn(-c2ccccc2F)c1. The smallest absolute Gasteiger partial charge is 0.148 e. The number of rotatable bonds is 1. The van der Waals surface area contributed by atoms with Gasteiger partial charge in [-0.15, -0.1) is 0 Å². The molecule has 0 aliphatic heterocycles. The molecule has 13 heavy (non-hydrogen) atoms. The lowest BCUT2D eigenvalue weighted by atomic mass is 10.3. The highest BCUT2D eigenvalue weighted by atomic mass is 19.1. The van der Waals surface area contributed by atoms with Gasteiger partial charge in [0.25, 0.3) is 0 Å². The van der Waals surface area contributed by atoms with Crippen LogP contribution in [0.15, 0.2) is 36.7 Å². The molecule has 0 radical (unpaired) electrons. The maximum absolute atomic E-state index is 13.2. The number of nitrogens with zero attached hydrogens (tertiary/aromatic N) is 2. The summed E-state index contributed by atoms with van der Waals surface area (Å²) in [6, 6.07) is 6.57. The average molecular weight is 176 g/mol. The van der Waals surface area contributed by atoms with Crippen LogP contribution in [0.2, 0.25) is 0 Å². The number of hydrogen-bond acceptors (Lipinski definition) is 1. The molecule has 0 unspecified atom stereocenters. The molecule has 0 spiro atoms.